The Hall–Kier alpha value is -1.14. The van der Waals surface area contributed by atoms with Gasteiger partial charge < -0.3 is 20.1 Å². The average molecular weight is 302 g/mol. The number of carbonyl (C=O) groups is 2. The van der Waals surface area contributed by atoms with Gasteiger partial charge in [0.1, 0.15) is 0 Å². The maximum atomic E-state index is 11.4. The van der Waals surface area contributed by atoms with Gasteiger partial charge >= 0.3 is 0 Å². The average Bonchev–Trinajstić information content (AvgIpc) is 2.49. The Morgan fingerprint density at radius 1 is 0.810 bits per heavy atom. The molecule has 0 unspecified atom stereocenters. The number of unbranched alkanes of at least 4 members (excludes halogenated alkanes) is 2. The van der Waals surface area contributed by atoms with Gasteiger partial charge in [0, 0.05) is 25.9 Å². The first-order valence-electron chi connectivity index (χ1n) is 7.89. The minimum atomic E-state index is 0.0320. The van der Waals surface area contributed by atoms with Crippen molar-refractivity contribution in [3.63, 3.8) is 0 Å². The van der Waals surface area contributed by atoms with Crippen LogP contribution in [0.25, 0.3) is 0 Å². The molecular weight excluding hydrogens is 272 g/mol. The molecule has 0 rings (SSSR count). The van der Waals surface area contributed by atoms with E-state index in [0.717, 1.165) is 19.3 Å². The van der Waals surface area contributed by atoms with Crippen molar-refractivity contribution in [2.75, 3.05) is 39.5 Å². The van der Waals surface area contributed by atoms with Gasteiger partial charge in [0.05, 0.1) is 26.4 Å². The molecule has 0 aromatic carbocycles. The Kier molecular flexibility index (Phi) is 14.4. The highest BCUT2D eigenvalue weighted by Gasteiger charge is 1.99. The lowest BCUT2D eigenvalue weighted by atomic mass is 10.2. The van der Waals surface area contributed by atoms with Crippen molar-refractivity contribution in [2.24, 2.45) is 0 Å². The van der Waals surface area contributed by atoms with Gasteiger partial charge in [-0.05, 0) is 6.42 Å². The second kappa shape index (κ2) is 15.3. The van der Waals surface area contributed by atoms with Crippen molar-refractivity contribution < 1.29 is 19.1 Å². The topological polar surface area (TPSA) is 76.7 Å². The summed E-state index contributed by atoms with van der Waals surface area (Å²) >= 11 is 0. The smallest absolute Gasteiger partial charge is 0.220 e. The van der Waals surface area contributed by atoms with E-state index in [9.17, 15) is 9.59 Å². The second-order valence-corrected chi connectivity index (χ2v) is 4.74. The predicted molar refractivity (Wildman–Crippen MR) is 82.1 cm³/mol. The van der Waals surface area contributed by atoms with Gasteiger partial charge in [0.15, 0.2) is 0 Å². The van der Waals surface area contributed by atoms with E-state index in [1.807, 2.05) is 6.92 Å². The summed E-state index contributed by atoms with van der Waals surface area (Å²) in [6.45, 7) is 6.97. The molecule has 124 valence electrons. The number of rotatable bonds is 14. The van der Waals surface area contributed by atoms with Crippen molar-refractivity contribution >= 4 is 11.8 Å². The molecule has 0 aliphatic heterocycles. The standard InChI is InChI=1S/C15H30N2O4/c1-3-5-6-7-15(19)17-9-11-21-13-12-20-10-8-16-14(18)4-2/h3-13H2,1-2H3,(H,16,18)(H,17,19). The minimum absolute atomic E-state index is 0.0320. The molecular formula is C15H30N2O4. The number of hydrogen-bond donors (Lipinski definition) is 2. The first-order valence-corrected chi connectivity index (χ1v) is 7.89. The Morgan fingerprint density at radius 3 is 1.90 bits per heavy atom. The Morgan fingerprint density at radius 2 is 1.38 bits per heavy atom. The van der Waals surface area contributed by atoms with Crippen molar-refractivity contribution in [1.29, 1.82) is 0 Å². The van der Waals surface area contributed by atoms with Gasteiger partial charge in [-0.2, -0.15) is 0 Å². The second-order valence-electron chi connectivity index (χ2n) is 4.74. The van der Waals surface area contributed by atoms with Gasteiger partial charge in [0.2, 0.25) is 11.8 Å². The first-order chi connectivity index (χ1) is 10.2. The molecule has 0 spiro atoms. The zero-order valence-electron chi connectivity index (χ0n) is 13.4. The zero-order valence-corrected chi connectivity index (χ0v) is 13.4. The van der Waals surface area contributed by atoms with Crippen molar-refractivity contribution in [2.45, 2.75) is 46.0 Å². The molecule has 0 saturated carbocycles. The summed E-state index contributed by atoms with van der Waals surface area (Å²) in [4.78, 5) is 22.3. The van der Waals surface area contributed by atoms with Gasteiger partial charge in [-0.3, -0.25) is 9.59 Å². The molecule has 0 heterocycles. The van der Waals surface area contributed by atoms with E-state index < -0.39 is 0 Å². The van der Waals surface area contributed by atoms with Crippen LogP contribution in [0.2, 0.25) is 0 Å². The molecule has 0 bridgehead atoms. The maximum absolute atomic E-state index is 11.4. The third-order valence-corrected chi connectivity index (χ3v) is 2.84. The lowest BCUT2D eigenvalue weighted by Crippen LogP contribution is -2.28. The Balaban J connectivity index is 3.15. The number of carbonyl (C=O) groups excluding carboxylic acids is 2. The van der Waals surface area contributed by atoms with Crippen LogP contribution in [-0.4, -0.2) is 51.3 Å². The number of ether oxygens (including phenoxy) is 2. The van der Waals surface area contributed by atoms with Gasteiger partial charge in [-0.15, -0.1) is 0 Å². The first kappa shape index (κ1) is 19.9. The molecule has 0 aromatic rings. The van der Waals surface area contributed by atoms with E-state index in [4.69, 9.17) is 9.47 Å². The molecule has 0 atom stereocenters. The van der Waals surface area contributed by atoms with Crippen LogP contribution in [0.5, 0.6) is 0 Å². The van der Waals surface area contributed by atoms with E-state index in [-0.39, 0.29) is 11.8 Å². The zero-order chi connectivity index (χ0) is 15.8. The van der Waals surface area contributed by atoms with Gasteiger partial charge in [-0.1, -0.05) is 26.7 Å². The third kappa shape index (κ3) is 15.1. The summed E-state index contributed by atoms with van der Waals surface area (Å²) in [5.74, 6) is 0.125. The summed E-state index contributed by atoms with van der Waals surface area (Å²) < 4.78 is 10.6. The molecule has 2 amide bonds. The predicted octanol–water partition coefficient (Wildman–Crippen LogP) is 1.24. The third-order valence-electron chi connectivity index (χ3n) is 2.84. The largest absolute Gasteiger partial charge is 0.377 e. The van der Waals surface area contributed by atoms with Crippen LogP contribution in [0.4, 0.5) is 0 Å². The fourth-order valence-corrected chi connectivity index (χ4v) is 1.60. The van der Waals surface area contributed by atoms with Crippen LogP contribution in [-0.2, 0) is 19.1 Å². The number of nitrogens with one attached hydrogen (secondary N) is 2. The molecule has 6 heteroatoms. The van der Waals surface area contributed by atoms with Crippen LogP contribution >= 0.6 is 0 Å². The summed E-state index contributed by atoms with van der Waals surface area (Å²) in [5.41, 5.74) is 0. The molecule has 6 nitrogen and oxygen atoms in total. The van der Waals surface area contributed by atoms with Crippen molar-refractivity contribution in [3.8, 4) is 0 Å². The normalized spacial score (nSPS) is 10.4. The fraction of sp³-hybridized carbons (Fsp3) is 0.867. The number of amides is 2. The van der Waals surface area contributed by atoms with Crippen LogP contribution in [0, 0.1) is 0 Å². The Labute approximate surface area is 127 Å². The quantitative estimate of drug-likeness (QED) is 0.473. The van der Waals surface area contributed by atoms with E-state index >= 15 is 0 Å². The summed E-state index contributed by atoms with van der Waals surface area (Å²) in [7, 11) is 0. The number of hydrogen-bond acceptors (Lipinski definition) is 4. The van der Waals surface area contributed by atoms with Gasteiger partial charge in [0.25, 0.3) is 0 Å². The summed E-state index contributed by atoms with van der Waals surface area (Å²) in [6.07, 6.45) is 4.26. The van der Waals surface area contributed by atoms with Crippen LogP contribution < -0.4 is 10.6 Å². The monoisotopic (exact) mass is 302 g/mol. The molecule has 0 aromatic heterocycles. The molecule has 0 aliphatic rings. The van der Waals surface area contributed by atoms with Crippen LogP contribution in [0.15, 0.2) is 0 Å². The van der Waals surface area contributed by atoms with Crippen LogP contribution in [0.3, 0.4) is 0 Å². The molecule has 2 N–H and O–H groups in total. The summed E-state index contributed by atoms with van der Waals surface area (Å²) in [5, 5.41) is 5.54. The SMILES string of the molecule is CCCCCC(=O)NCCOCCOCCNC(=O)CC. The van der Waals surface area contributed by atoms with Crippen molar-refractivity contribution in [1.82, 2.24) is 10.6 Å². The van der Waals surface area contributed by atoms with Crippen LogP contribution in [0.1, 0.15) is 46.0 Å². The van der Waals surface area contributed by atoms with E-state index in [1.54, 1.807) is 0 Å². The van der Waals surface area contributed by atoms with E-state index in [0.29, 0.717) is 52.4 Å². The highest BCUT2D eigenvalue weighted by molar-refractivity contribution is 5.75. The minimum Gasteiger partial charge on any atom is -0.377 e. The molecule has 0 aliphatic carbocycles. The molecule has 21 heavy (non-hydrogen) atoms. The summed E-state index contributed by atoms with van der Waals surface area (Å²) in [6, 6.07) is 0. The van der Waals surface area contributed by atoms with Crippen molar-refractivity contribution in [3.05, 3.63) is 0 Å². The Bertz CT molecular complexity index is 272. The lowest BCUT2D eigenvalue weighted by molar-refractivity contribution is -0.122. The lowest BCUT2D eigenvalue weighted by Gasteiger charge is -2.07. The fourth-order valence-electron chi connectivity index (χ4n) is 1.60. The molecule has 0 saturated heterocycles. The highest BCUT2D eigenvalue weighted by Crippen LogP contribution is 1.97. The van der Waals surface area contributed by atoms with Gasteiger partial charge in [-0.25, -0.2) is 0 Å². The van der Waals surface area contributed by atoms with E-state index in [1.165, 1.54) is 0 Å². The van der Waals surface area contributed by atoms with E-state index in [2.05, 4.69) is 17.6 Å². The maximum Gasteiger partial charge on any atom is 0.220 e. The molecule has 0 radical (unpaired) electrons. The highest BCUT2D eigenvalue weighted by atomic mass is 16.5. The molecule has 0 fully saturated rings.